The van der Waals surface area contributed by atoms with Crippen LogP contribution in [0, 0.1) is 0 Å². The Labute approximate surface area is 180 Å². The molecule has 1 amide bonds. The van der Waals surface area contributed by atoms with E-state index < -0.39 is 18.5 Å². The van der Waals surface area contributed by atoms with E-state index in [1.165, 1.54) is 7.11 Å². The highest BCUT2D eigenvalue weighted by atomic mass is 16.5. The molecule has 3 aromatic rings. The van der Waals surface area contributed by atoms with Crippen molar-refractivity contribution < 1.29 is 28.5 Å². The van der Waals surface area contributed by atoms with Crippen molar-refractivity contribution in [3.05, 3.63) is 65.7 Å². The first-order valence-corrected chi connectivity index (χ1v) is 9.72. The van der Waals surface area contributed by atoms with Gasteiger partial charge in [0.15, 0.2) is 6.61 Å². The lowest BCUT2D eigenvalue weighted by Crippen LogP contribution is -2.31. The second-order valence-corrected chi connectivity index (χ2v) is 6.87. The molecule has 7 nitrogen and oxygen atoms in total. The van der Waals surface area contributed by atoms with E-state index in [1.807, 2.05) is 31.2 Å². The fourth-order valence-corrected chi connectivity index (χ4v) is 3.30. The number of methoxy groups -OCH3 is 3. The maximum Gasteiger partial charge on any atom is 0.342 e. The van der Waals surface area contributed by atoms with Crippen LogP contribution in [0.15, 0.2) is 54.6 Å². The zero-order chi connectivity index (χ0) is 22.4. The van der Waals surface area contributed by atoms with Crippen LogP contribution in [0.25, 0.3) is 10.8 Å². The Bertz CT molecular complexity index is 1090. The second kappa shape index (κ2) is 9.84. The number of hydrogen-bond donors (Lipinski definition) is 1. The Morgan fingerprint density at radius 3 is 2.19 bits per heavy atom. The van der Waals surface area contributed by atoms with E-state index in [2.05, 4.69) is 5.32 Å². The van der Waals surface area contributed by atoms with Crippen LogP contribution in [-0.4, -0.2) is 39.8 Å². The second-order valence-electron chi connectivity index (χ2n) is 6.87. The average molecular weight is 423 g/mol. The molecular weight excluding hydrogens is 398 g/mol. The van der Waals surface area contributed by atoms with Gasteiger partial charge in [-0.05, 0) is 48.0 Å². The van der Waals surface area contributed by atoms with Crippen LogP contribution in [0.4, 0.5) is 0 Å². The largest absolute Gasteiger partial charge is 0.497 e. The molecule has 1 N–H and O–H groups in total. The highest BCUT2D eigenvalue weighted by molar-refractivity contribution is 5.99. The number of amides is 1. The van der Waals surface area contributed by atoms with Crippen molar-refractivity contribution in [3.63, 3.8) is 0 Å². The molecule has 0 radical (unpaired) electrons. The highest BCUT2D eigenvalue weighted by Gasteiger charge is 2.19. The Balaban J connectivity index is 1.67. The summed E-state index contributed by atoms with van der Waals surface area (Å²) in [5, 5.41) is 4.62. The van der Waals surface area contributed by atoms with Gasteiger partial charge in [0.05, 0.1) is 27.4 Å². The van der Waals surface area contributed by atoms with Gasteiger partial charge in [-0.2, -0.15) is 0 Å². The molecule has 162 valence electrons. The van der Waals surface area contributed by atoms with Gasteiger partial charge in [-0.1, -0.05) is 24.3 Å². The van der Waals surface area contributed by atoms with Crippen LogP contribution in [-0.2, 0) is 9.53 Å². The van der Waals surface area contributed by atoms with Gasteiger partial charge in [0.2, 0.25) is 0 Å². The molecule has 7 heteroatoms. The molecule has 0 unspecified atom stereocenters. The van der Waals surface area contributed by atoms with E-state index >= 15 is 0 Å². The van der Waals surface area contributed by atoms with Crippen LogP contribution in [0.1, 0.15) is 28.9 Å². The summed E-state index contributed by atoms with van der Waals surface area (Å²) >= 11 is 0. The SMILES string of the molecule is COc1ccc(OC)c([C@@H](C)NC(=O)COC(=O)c2cc3ccccc3cc2OC)c1. The first-order valence-electron chi connectivity index (χ1n) is 9.72. The topological polar surface area (TPSA) is 83.1 Å². The van der Waals surface area contributed by atoms with Crippen molar-refractivity contribution in [1.29, 1.82) is 0 Å². The molecule has 1 atom stereocenters. The summed E-state index contributed by atoms with van der Waals surface area (Å²) in [6.45, 7) is 1.38. The van der Waals surface area contributed by atoms with Gasteiger partial charge >= 0.3 is 5.97 Å². The average Bonchev–Trinajstić information content (AvgIpc) is 2.80. The maximum atomic E-state index is 12.6. The summed E-state index contributed by atoms with van der Waals surface area (Å²) in [5.41, 5.74) is 1.01. The lowest BCUT2D eigenvalue weighted by atomic mass is 10.1. The summed E-state index contributed by atoms with van der Waals surface area (Å²) < 4.78 is 21.2. The highest BCUT2D eigenvalue weighted by Crippen LogP contribution is 2.29. The van der Waals surface area contributed by atoms with Crippen LogP contribution in [0.5, 0.6) is 17.2 Å². The standard InChI is InChI=1S/C24H25NO6/c1-15(19-13-18(28-2)9-10-21(19)29-3)25-23(26)14-31-24(27)20-11-16-7-5-6-8-17(16)12-22(20)30-4/h5-13,15H,14H2,1-4H3,(H,25,26)/t15-/m1/s1. The number of benzene rings is 3. The van der Waals surface area contributed by atoms with Crippen LogP contribution >= 0.6 is 0 Å². The third kappa shape index (κ3) is 5.06. The minimum Gasteiger partial charge on any atom is -0.497 e. The number of esters is 1. The van der Waals surface area contributed by atoms with Crippen molar-refractivity contribution in [2.24, 2.45) is 0 Å². The van der Waals surface area contributed by atoms with E-state index in [1.54, 1.807) is 44.6 Å². The van der Waals surface area contributed by atoms with E-state index in [9.17, 15) is 9.59 Å². The molecule has 0 aliphatic carbocycles. The van der Waals surface area contributed by atoms with Gasteiger partial charge in [0.25, 0.3) is 5.91 Å². The smallest absolute Gasteiger partial charge is 0.342 e. The minimum atomic E-state index is -0.635. The normalized spacial score (nSPS) is 11.5. The fourth-order valence-electron chi connectivity index (χ4n) is 3.30. The summed E-state index contributed by atoms with van der Waals surface area (Å²) in [6.07, 6.45) is 0. The minimum absolute atomic E-state index is 0.261. The fraction of sp³-hybridized carbons (Fsp3) is 0.250. The predicted octanol–water partition coefficient (Wildman–Crippen LogP) is 3.90. The number of carbonyl (C=O) groups is 2. The van der Waals surface area contributed by atoms with Gasteiger partial charge in [-0.15, -0.1) is 0 Å². The monoisotopic (exact) mass is 423 g/mol. The van der Waals surface area contributed by atoms with E-state index in [0.717, 1.165) is 16.3 Å². The van der Waals surface area contributed by atoms with E-state index in [4.69, 9.17) is 18.9 Å². The Kier molecular flexibility index (Phi) is 6.97. The third-order valence-corrected chi connectivity index (χ3v) is 4.90. The number of fused-ring (bicyclic) bond motifs is 1. The molecule has 3 rings (SSSR count). The van der Waals surface area contributed by atoms with Gasteiger partial charge < -0.3 is 24.3 Å². The molecule has 0 bridgehead atoms. The van der Waals surface area contributed by atoms with E-state index in [0.29, 0.717) is 17.2 Å². The van der Waals surface area contributed by atoms with Gasteiger partial charge in [0, 0.05) is 5.56 Å². The Morgan fingerprint density at radius 1 is 0.871 bits per heavy atom. The number of hydrogen-bond acceptors (Lipinski definition) is 6. The maximum absolute atomic E-state index is 12.6. The molecule has 0 heterocycles. The van der Waals surface area contributed by atoms with Crippen molar-refractivity contribution >= 4 is 22.6 Å². The number of carbonyl (C=O) groups excluding carboxylic acids is 2. The lowest BCUT2D eigenvalue weighted by Gasteiger charge is -2.18. The molecule has 0 saturated heterocycles. The summed E-state index contributed by atoms with van der Waals surface area (Å²) in [7, 11) is 4.60. The van der Waals surface area contributed by atoms with Crippen LogP contribution in [0.2, 0.25) is 0 Å². The molecule has 0 fully saturated rings. The lowest BCUT2D eigenvalue weighted by molar-refractivity contribution is -0.124. The predicted molar refractivity (Wildman–Crippen MR) is 117 cm³/mol. The van der Waals surface area contributed by atoms with Crippen molar-refractivity contribution in [1.82, 2.24) is 5.32 Å². The first kappa shape index (κ1) is 22.0. The first-order chi connectivity index (χ1) is 15.0. The zero-order valence-corrected chi connectivity index (χ0v) is 17.9. The molecule has 0 saturated carbocycles. The molecule has 3 aromatic carbocycles. The summed E-state index contributed by atoms with van der Waals surface area (Å²) in [6, 6.07) is 16.0. The van der Waals surface area contributed by atoms with Crippen molar-refractivity contribution in [2.75, 3.05) is 27.9 Å². The third-order valence-electron chi connectivity index (χ3n) is 4.90. The number of nitrogens with one attached hydrogen (secondary N) is 1. The summed E-state index contributed by atoms with van der Waals surface area (Å²) in [5.74, 6) is 0.576. The molecule has 0 aliphatic rings. The Morgan fingerprint density at radius 2 is 1.55 bits per heavy atom. The quantitative estimate of drug-likeness (QED) is 0.554. The summed E-state index contributed by atoms with van der Waals surface area (Å²) in [4.78, 5) is 25.0. The van der Waals surface area contributed by atoms with E-state index in [-0.39, 0.29) is 11.6 Å². The Hall–Kier alpha value is -3.74. The number of rotatable bonds is 8. The van der Waals surface area contributed by atoms with Gasteiger partial charge in [-0.25, -0.2) is 4.79 Å². The molecule has 0 aliphatic heterocycles. The molecule has 31 heavy (non-hydrogen) atoms. The molecule has 0 spiro atoms. The van der Waals surface area contributed by atoms with Crippen LogP contribution in [0.3, 0.4) is 0 Å². The van der Waals surface area contributed by atoms with Gasteiger partial charge in [-0.3, -0.25) is 4.79 Å². The molecule has 0 aromatic heterocycles. The van der Waals surface area contributed by atoms with Gasteiger partial charge in [0.1, 0.15) is 22.8 Å². The molecular formula is C24H25NO6. The van der Waals surface area contributed by atoms with Crippen LogP contribution < -0.4 is 19.5 Å². The van der Waals surface area contributed by atoms with Crippen molar-refractivity contribution in [2.45, 2.75) is 13.0 Å². The number of ether oxygens (including phenoxy) is 4. The zero-order valence-electron chi connectivity index (χ0n) is 17.9. The van der Waals surface area contributed by atoms with Crippen molar-refractivity contribution in [3.8, 4) is 17.2 Å².